The average Bonchev–Trinajstić information content (AvgIpc) is 2.93. The van der Waals surface area contributed by atoms with Gasteiger partial charge in [-0.15, -0.1) is 11.3 Å². The molecule has 0 fully saturated rings. The van der Waals surface area contributed by atoms with Gasteiger partial charge in [0.2, 0.25) is 5.91 Å². The highest BCUT2D eigenvalue weighted by Crippen LogP contribution is 2.33. The number of unbranched alkanes of at least 4 members (excludes halogenated alkanes) is 2. The predicted molar refractivity (Wildman–Crippen MR) is 93.1 cm³/mol. The maximum Gasteiger partial charge on any atom is 0.262 e. The highest BCUT2D eigenvalue weighted by atomic mass is 32.1. The van der Waals surface area contributed by atoms with Gasteiger partial charge < -0.3 is 5.32 Å². The number of hydrogen-bond acceptors (Lipinski definition) is 4. The van der Waals surface area contributed by atoms with Crippen molar-refractivity contribution >= 4 is 27.5 Å². The van der Waals surface area contributed by atoms with E-state index in [9.17, 15) is 9.59 Å². The third kappa shape index (κ3) is 3.47. The molecule has 0 saturated carbocycles. The van der Waals surface area contributed by atoms with Crippen LogP contribution in [0.2, 0.25) is 0 Å². The number of rotatable bonds is 6. The van der Waals surface area contributed by atoms with Crippen LogP contribution in [-0.4, -0.2) is 22.0 Å². The number of thiophene rings is 1. The molecule has 5 nitrogen and oxygen atoms in total. The zero-order valence-electron chi connectivity index (χ0n) is 13.6. The van der Waals surface area contributed by atoms with Crippen molar-refractivity contribution in [1.82, 2.24) is 14.9 Å². The molecule has 2 aromatic rings. The minimum atomic E-state index is -0.117. The van der Waals surface area contributed by atoms with Gasteiger partial charge in [0, 0.05) is 11.4 Å². The van der Waals surface area contributed by atoms with Crippen LogP contribution in [0.1, 0.15) is 49.5 Å². The molecule has 0 spiro atoms. The fraction of sp³-hybridized carbons (Fsp3) is 0.588. The Hall–Kier alpha value is -1.69. The minimum Gasteiger partial charge on any atom is -0.355 e. The van der Waals surface area contributed by atoms with Gasteiger partial charge in [-0.1, -0.05) is 19.8 Å². The maximum atomic E-state index is 12.7. The van der Waals surface area contributed by atoms with Crippen LogP contribution in [0.5, 0.6) is 0 Å². The fourth-order valence-electron chi connectivity index (χ4n) is 3.11. The first kappa shape index (κ1) is 16.2. The summed E-state index contributed by atoms with van der Waals surface area (Å²) in [4.78, 5) is 31.3. The third-order valence-corrected chi connectivity index (χ3v) is 5.56. The molecule has 1 N–H and O–H groups in total. The van der Waals surface area contributed by atoms with E-state index in [2.05, 4.69) is 17.2 Å². The van der Waals surface area contributed by atoms with Crippen LogP contribution in [0.4, 0.5) is 0 Å². The number of carbonyl (C=O) groups excluding carboxylic acids is 1. The van der Waals surface area contributed by atoms with E-state index in [4.69, 9.17) is 0 Å². The van der Waals surface area contributed by atoms with E-state index < -0.39 is 0 Å². The molecular formula is C17H23N3O2S. The zero-order chi connectivity index (χ0) is 16.2. The van der Waals surface area contributed by atoms with E-state index in [-0.39, 0.29) is 18.0 Å². The zero-order valence-corrected chi connectivity index (χ0v) is 14.4. The Morgan fingerprint density at radius 3 is 3.00 bits per heavy atom. The lowest BCUT2D eigenvalue weighted by Crippen LogP contribution is -2.33. The average molecular weight is 333 g/mol. The molecule has 1 aliphatic rings. The van der Waals surface area contributed by atoms with Crippen LogP contribution < -0.4 is 10.9 Å². The van der Waals surface area contributed by atoms with Gasteiger partial charge in [-0.2, -0.15) is 0 Å². The van der Waals surface area contributed by atoms with Crippen LogP contribution in [0.15, 0.2) is 11.1 Å². The Morgan fingerprint density at radius 1 is 1.35 bits per heavy atom. The first-order valence-electron chi connectivity index (χ1n) is 8.47. The van der Waals surface area contributed by atoms with Crippen molar-refractivity contribution in [2.45, 2.75) is 58.4 Å². The van der Waals surface area contributed by atoms with E-state index in [0.717, 1.165) is 48.7 Å². The molecule has 124 valence electrons. The van der Waals surface area contributed by atoms with Gasteiger partial charge in [-0.3, -0.25) is 14.2 Å². The summed E-state index contributed by atoms with van der Waals surface area (Å²) in [5, 5.41) is 3.62. The summed E-state index contributed by atoms with van der Waals surface area (Å²) in [6.07, 6.45) is 9.05. The van der Waals surface area contributed by atoms with Crippen LogP contribution in [0.25, 0.3) is 10.2 Å². The normalized spacial score (nSPS) is 14.0. The molecule has 0 atom stereocenters. The second kappa shape index (κ2) is 7.25. The van der Waals surface area contributed by atoms with Gasteiger partial charge in [0.25, 0.3) is 5.56 Å². The number of carbonyl (C=O) groups is 1. The largest absolute Gasteiger partial charge is 0.355 e. The SMILES string of the molecule is CCCCCNC(=O)Cn1cnc2sc3c(c2c1=O)CCCC3. The summed E-state index contributed by atoms with van der Waals surface area (Å²) in [6, 6.07) is 0. The maximum absolute atomic E-state index is 12.7. The van der Waals surface area contributed by atoms with Crippen LogP contribution in [0, 0.1) is 0 Å². The molecular weight excluding hydrogens is 310 g/mol. The van der Waals surface area contributed by atoms with Crippen molar-refractivity contribution in [3.8, 4) is 0 Å². The molecule has 2 aromatic heterocycles. The molecule has 0 aromatic carbocycles. The monoisotopic (exact) mass is 333 g/mol. The fourth-order valence-corrected chi connectivity index (χ4v) is 4.33. The van der Waals surface area contributed by atoms with Crippen molar-refractivity contribution in [1.29, 1.82) is 0 Å². The smallest absolute Gasteiger partial charge is 0.262 e. The summed E-state index contributed by atoms with van der Waals surface area (Å²) < 4.78 is 1.44. The third-order valence-electron chi connectivity index (χ3n) is 4.36. The van der Waals surface area contributed by atoms with Crippen molar-refractivity contribution < 1.29 is 4.79 Å². The highest BCUT2D eigenvalue weighted by Gasteiger charge is 2.20. The van der Waals surface area contributed by atoms with E-state index >= 15 is 0 Å². The molecule has 0 saturated heterocycles. The van der Waals surface area contributed by atoms with Crippen LogP contribution in [0.3, 0.4) is 0 Å². The first-order valence-corrected chi connectivity index (χ1v) is 9.28. The van der Waals surface area contributed by atoms with Crippen molar-refractivity contribution in [3.05, 3.63) is 27.1 Å². The lowest BCUT2D eigenvalue weighted by Gasteiger charge is -2.10. The molecule has 23 heavy (non-hydrogen) atoms. The van der Waals surface area contributed by atoms with Gasteiger partial charge in [0.1, 0.15) is 11.4 Å². The molecule has 0 radical (unpaired) electrons. The number of aryl methyl sites for hydroxylation is 2. The van der Waals surface area contributed by atoms with Crippen LogP contribution >= 0.6 is 11.3 Å². The number of fused-ring (bicyclic) bond motifs is 3. The number of nitrogens with one attached hydrogen (secondary N) is 1. The van der Waals surface area contributed by atoms with Gasteiger partial charge in [0.15, 0.2) is 0 Å². The summed E-state index contributed by atoms with van der Waals surface area (Å²) >= 11 is 1.64. The van der Waals surface area contributed by atoms with Gasteiger partial charge in [-0.05, 0) is 37.7 Å². The lowest BCUT2D eigenvalue weighted by atomic mass is 9.97. The van der Waals surface area contributed by atoms with E-state index in [0.29, 0.717) is 6.54 Å². The van der Waals surface area contributed by atoms with E-state index in [1.165, 1.54) is 27.8 Å². The summed E-state index contributed by atoms with van der Waals surface area (Å²) in [5.74, 6) is -0.117. The molecule has 1 aliphatic carbocycles. The number of amides is 1. The number of aromatic nitrogens is 2. The van der Waals surface area contributed by atoms with Gasteiger partial charge >= 0.3 is 0 Å². The number of hydrogen-bond donors (Lipinski definition) is 1. The Bertz CT molecular complexity index is 763. The highest BCUT2D eigenvalue weighted by molar-refractivity contribution is 7.18. The predicted octanol–water partition coefficient (Wildman–Crippen LogP) is 2.64. The standard InChI is InChI=1S/C17H23N3O2S/c1-2-3-6-9-18-14(21)10-20-11-19-16-15(17(20)22)12-7-4-5-8-13(12)23-16/h11H,2-10H2,1H3,(H,18,21). The summed E-state index contributed by atoms with van der Waals surface area (Å²) in [5.41, 5.74) is 1.10. The Kier molecular flexibility index (Phi) is 5.10. The van der Waals surface area contributed by atoms with Crippen molar-refractivity contribution in [2.75, 3.05) is 6.54 Å². The quantitative estimate of drug-likeness (QED) is 0.827. The van der Waals surface area contributed by atoms with Gasteiger partial charge in [0.05, 0.1) is 11.7 Å². The molecule has 0 unspecified atom stereocenters. The molecule has 1 amide bonds. The van der Waals surface area contributed by atoms with Crippen molar-refractivity contribution in [3.63, 3.8) is 0 Å². The minimum absolute atomic E-state index is 0.0541. The van der Waals surface area contributed by atoms with Crippen molar-refractivity contribution in [2.24, 2.45) is 0 Å². The molecule has 0 aliphatic heterocycles. The molecule has 0 bridgehead atoms. The Morgan fingerprint density at radius 2 is 2.17 bits per heavy atom. The molecule has 3 rings (SSSR count). The Balaban J connectivity index is 1.78. The molecule has 6 heteroatoms. The second-order valence-electron chi connectivity index (χ2n) is 6.13. The Labute approximate surface area is 139 Å². The first-order chi connectivity index (χ1) is 11.2. The lowest BCUT2D eigenvalue weighted by molar-refractivity contribution is -0.121. The van der Waals surface area contributed by atoms with Crippen LogP contribution in [-0.2, 0) is 24.2 Å². The topological polar surface area (TPSA) is 64.0 Å². The number of nitrogens with zero attached hydrogens (tertiary/aromatic N) is 2. The summed E-state index contributed by atoms with van der Waals surface area (Å²) in [7, 11) is 0. The second-order valence-corrected chi connectivity index (χ2v) is 7.21. The molecule has 2 heterocycles. The van der Waals surface area contributed by atoms with E-state index in [1.54, 1.807) is 11.3 Å². The van der Waals surface area contributed by atoms with Gasteiger partial charge in [-0.25, -0.2) is 4.98 Å². The van der Waals surface area contributed by atoms with E-state index in [1.807, 2.05) is 0 Å². The summed E-state index contributed by atoms with van der Waals surface area (Å²) in [6.45, 7) is 2.85.